The molecule has 6 nitrogen and oxygen atoms in total. The summed E-state index contributed by atoms with van der Waals surface area (Å²) < 4.78 is 26.6. The molecule has 0 aromatic carbocycles. The number of allylic oxidation sites excluding steroid dienone is 2. The summed E-state index contributed by atoms with van der Waals surface area (Å²) in [4.78, 5) is 23.2. The second-order valence-corrected chi connectivity index (χ2v) is 33.8. The van der Waals surface area contributed by atoms with Gasteiger partial charge in [-0.15, -0.1) is 0 Å². The van der Waals surface area contributed by atoms with Crippen LogP contribution >= 0.6 is 0 Å². The number of rotatable bonds is 20. The van der Waals surface area contributed by atoms with E-state index in [9.17, 15) is 9.59 Å². The second-order valence-electron chi connectivity index (χ2n) is 19.5. The molecule has 0 amide bonds. The minimum Gasteiger partial charge on any atom is -0.458 e. The highest BCUT2D eigenvalue weighted by Gasteiger charge is 2.50. The summed E-state index contributed by atoms with van der Waals surface area (Å²) in [6.45, 7) is 38.6. The molecule has 0 radical (unpaired) electrons. The van der Waals surface area contributed by atoms with Crippen LogP contribution in [0.5, 0.6) is 0 Å². The van der Waals surface area contributed by atoms with E-state index < -0.39 is 30.9 Å². The molecule has 1 aliphatic rings. The van der Waals surface area contributed by atoms with Crippen LogP contribution in [0.15, 0.2) is 24.3 Å². The van der Waals surface area contributed by atoms with Crippen molar-refractivity contribution in [2.45, 2.75) is 207 Å². The van der Waals surface area contributed by atoms with Crippen LogP contribution < -0.4 is 0 Å². The van der Waals surface area contributed by atoms with Crippen LogP contribution in [0.1, 0.15) is 134 Å². The molecule has 50 heavy (non-hydrogen) atoms. The third-order valence-electron chi connectivity index (χ3n) is 12.1. The summed E-state index contributed by atoms with van der Waals surface area (Å²) in [5, 5.41) is 0.360. The topological polar surface area (TPSA) is 71.1 Å². The average Bonchev–Trinajstić information content (AvgIpc) is 3.24. The van der Waals surface area contributed by atoms with Gasteiger partial charge >= 0.3 is 5.97 Å². The molecule has 0 heterocycles. The average molecular weight is 753 g/mol. The first-order valence-electron chi connectivity index (χ1n) is 19.7. The number of esters is 1. The van der Waals surface area contributed by atoms with Gasteiger partial charge < -0.3 is 18.0 Å². The summed E-state index contributed by atoms with van der Waals surface area (Å²) in [5.74, 6) is 0.0470. The van der Waals surface area contributed by atoms with Crippen molar-refractivity contribution in [2.75, 3.05) is 6.61 Å². The molecular weight excluding hydrogens is 673 g/mol. The number of ether oxygens (including phenoxy) is 1. The van der Waals surface area contributed by atoms with Crippen molar-refractivity contribution in [3.05, 3.63) is 24.3 Å². The van der Waals surface area contributed by atoms with Crippen molar-refractivity contribution in [3.63, 3.8) is 0 Å². The van der Waals surface area contributed by atoms with Crippen LogP contribution in [0.3, 0.4) is 0 Å². The van der Waals surface area contributed by atoms with E-state index in [1.165, 1.54) is 26.2 Å². The van der Waals surface area contributed by atoms with Gasteiger partial charge in [0.25, 0.3) is 0 Å². The normalized spacial score (nSPS) is 22.1. The number of ketones is 1. The van der Waals surface area contributed by atoms with Crippen molar-refractivity contribution in [2.24, 2.45) is 11.8 Å². The fourth-order valence-corrected chi connectivity index (χ4v) is 9.72. The van der Waals surface area contributed by atoms with Crippen LogP contribution in [0.25, 0.3) is 0 Å². The smallest absolute Gasteiger partial charge is 0.303 e. The Morgan fingerprint density at radius 1 is 0.760 bits per heavy atom. The zero-order valence-electron chi connectivity index (χ0n) is 35.7. The van der Waals surface area contributed by atoms with Gasteiger partial charge in [-0.05, 0) is 92.4 Å². The minimum absolute atomic E-state index is 0.0311. The van der Waals surface area contributed by atoms with Crippen molar-refractivity contribution in [1.29, 1.82) is 0 Å². The molecule has 0 N–H and O–H groups in total. The Morgan fingerprint density at radius 3 is 1.80 bits per heavy atom. The lowest BCUT2D eigenvalue weighted by Crippen LogP contribution is -2.45. The Morgan fingerprint density at radius 2 is 1.30 bits per heavy atom. The number of unbranched alkanes of at least 4 members (excludes halogenated alkanes) is 3. The van der Waals surface area contributed by atoms with Gasteiger partial charge in [-0.2, -0.15) is 0 Å². The van der Waals surface area contributed by atoms with E-state index in [1.54, 1.807) is 0 Å². The molecule has 1 saturated carbocycles. The van der Waals surface area contributed by atoms with E-state index >= 15 is 0 Å². The molecule has 0 aromatic heterocycles. The van der Waals surface area contributed by atoms with E-state index in [-0.39, 0.29) is 57.7 Å². The van der Waals surface area contributed by atoms with Gasteiger partial charge in [0, 0.05) is 19.3 Å². The number of Topliss-reactive ketones (excluding diaryl/α,β-unsaturated/α-hetero) is 1. The van der Waals surface area contributed by atoms with Gasteiger partial charge in [-0.25, -0.2) is 0 Å². The van der Waals surface area contributed by atoms with Gasteiger partial charge in [0.15, 0.2) is 30.7 Å². The van der Waals surface area contributed by atoms with E-state index in [0.717, 1.165) is 32.1 Å². The SMILES string of the molecule is CCCCCC(/C=C/C1C(O[Si](C)(C)C(C)(C)C)CC(O[Si](C)(C)C(C)(C)C)[C@@H]1C/C=C\CCCC(=O)COC(C)=O)O[Si](C)(C)C(C)(C)C. The molecule has 5 atom stereocenters. The van der Waals surface area contributed by atoms with Crippen LogP contribution in [0, 0.1) is 11.8 Å². The van der Waals surface area contributed by atoms with E-state index in [1.807, 2.05) is 0 Å². The summed E-state index contributed by atoms with van der Waals surface area (Å²) in [5.41, 5.74) is 0. The van der Waals surface area contributed by atoms with Crippen LogP contribution in [-0.4, -0.2) is 61.6 Å². The van der Waals surface area contributed by atoms with Crippen LogP contribution in [0.4, 0.5) is 0 Å². The Kier molecular flexibility index (Phi) is 18.4. The third-order valence-corrected chi connectivity index (χ3v) is 25.6. The number of hydrogen-bond acceptors (Lipinski definition) is 6. The number of hydrogen-bond donors (Lipinski definition) is 0. The molecule has 1 fully saturated rings. The van der Waals surface area contributed by atoms with Crippen LogP contribution in [0.2, 0.25) is 54.4 Å². The molecule has 0 spiro atoms. The maximum Gasteiger partial charge on any atom is 0.303 e. The van der Waals surface area contributed by atoms with Crippen molar-refractivity contribution < 1.29 is 27.6 Å². The predicted octanol–water partition coefficient (Wildman–Crippen LogP) is 12.2. The van der Waals surface area contributed by atoms with Crippen molar-refractivity contribution in [1.82, 2.24) is 0 Å². The van der Waals surface area contributed by atoms with Crippen LogP contribution in [-0.2, 0) is 27.6 Å². The lowest BCUT2D eigenvalue weighted by molar-refractivity contribution is -0.145. The lowest BCUT2D eigenvalue weighted by Gasteiger charge is -2.40. The molecule has 1 rings (SSSR count). The van der Waals surface area contributed by atoms with E-state index in [0.29, 0.717) is 6.42 Å². The molecule has 1 aliphatic carbocycles. The van der Waals surface area contributed by atoms with Gasteiger partial charge in [0.05, 0.1) is 18.3 Å². The fourth-order valence-electron chi connectivity index (χ4n) is 5.67. The largest absolute Gasteiger partial charge is 0.458 e. The summed E-state index contributed by atoms with van der Waals surface area (Å²) in [6, 6.07) is 0. The summed E-state index contributed by atoms with van der Waals surface area (Å²) in [7, 11) is -6.10. The Hall–Kier alpha value is -0.849. The van der Waals surface area contributed by atoms with Gasteiger partial charge in [-0.1, -0.05) is 113 Å². The fraction of sp³-hybridized carbons (Fsp3) is 0.854. The predicted molar refractivity (Wildman–Crippen MR) is 220 cm³/mol. The van der Waals surface area contributed by atoms with Crippen molar-refractivity contribution >= 4 is 36.7 Å². The molecule has 0 aliphatic heterocycles. The number of carbonyl (C=O) groups is 2. The molecule has 0 bridgehead atoms. The zero-order chi connectivity index (χ0) is 38.8. The Bertz CT molecular complexity index is 1110. The second kappa shape index (κ2) is 19.5. The number of carbonyl (C=O) groups excluding carboxylic acids is 2. The van der Waals surface area contributed by atoms with E-state index in [2.05, 4.69) is 133 Å². The van der Waals surface area contributed by atoms with E-state index in [4.69, 9.17) is 18.0 Å². The van der Waals surface area contributed by atoms with Gasteiger partial charge in [-0.3, -0.25) is 9.59 Å². The van der Waals surface area contributed by atoms with Gasteiger partial charge in [0.1, 0.15) is 6.61 Å². The first-order chi connectivity index (χ1) is 22.6. The quantitative estimate of drug-likeness (QED) is 0.0534. The minimum atomic E-state index is -2.07. The molecule has 292 valence electrons. The summed E-state index contributed by atoms with van der Waals surface area (Å²) in [6.07, 6.45) is 18.1. The molecule has 4 unspecified atom stereocenters. The lowest BCUT2D eigenvalue weighted by atomic mass is 9.89. The monoisotopic (exact) mass is 753 g/mol. The van der Waals surface area contributed by atoms with Gasteiger partial charge in [0.2, 0.25) is 0 Å². The first kappa shape index (κ1) is 47.2. The summed E-state index contributed by atoms with van der Waals surface area (Å²) >= 11 is 0. The maximum absolute atomic E-state index is 12.1. The molecular formula is C41H80O6Si3. The molecule has 9 heteroatoms. The molecule has 0 aromatic rings. The Labute approximate surface area is 312 Å². The first-order valence-corrected chi connectivity index (χ1v) is 28.4. The third kappa shape index (κ3) is 15.2. The standard InChI is InChI=1S/C41H80O6Si3/c1-18-19-22-26-34(45-48(12,13)39(3,4)5)28-29-36-35(27-24-21-20-23-25-33(43)31-44-32(2)42)37(46-49(14,15)40(6,7)8)30-38(36)47-50(16,17)41(9,10)11/h21,24,28-29,34-38H,18-20,22-23,25-27,30-31H2,1-17H3/b24-21-,29-28+/t34?,35-,36?,37?,38?/m1/s1. The maximum atomic E-state index is 12.1. The highest BCUT2D eigenvalue weighted by Crippen LogP contribution is 2.48. The Balaban J connectivity index is 3.53. The zero-order valence-corrected chi connectivity index (χ0v) is 38.7. The highest BCUT2D eigenvalue weighted by atomic mass is 28.4. The molecule has 0 saturated heterocycles. The highest BCUT2D eigenvalue weighted by molar-refractivity contribution is 6.75. The van der Waals surface area contributed by atoms with Crippen molar-refractivity contribution in [3.8, 4) is 0 Å².